The summed E-state index contributed by atoms with van der Waals surface area (Å²) in [5.74, 6) is 1.06. The molecule has 5 heteroatoms. The molecule has 2 N–H and O–H groups in total. The lowest BCUT2D eigenvalue weighted by molar-refractivity contribution is 0.612. The number of hydrogen-bond acceptors (Lipinski definition) is 4. The second kappa shape index (κ2) is 6.89. The lowest BCUT2D eigenvalue weighted by atomic mass is 10.1. The second-order valence-corrected chi connectivity index (χ2v) is 6.19. The monoisotopic (exact) mass is 334 g/mol. The molecule has 1 fully saturated rings. The Morgan fingerprint density at radius 3 is 2.48 bits per heavy atom. The lowest BCUT2D eigenvalue weighted by Gasteiger charge is -2.11. The van der Waals surface area contributed by atoms with Gasteiger partial charge < -0.3 is 10.6 Å². The summed E-state index contributed by atoms with van der Waals surface area (Å²) in [6, 6.07) is 19.2. The fraction of sp³-hybridized carbons (Fsp3) is 0.200. The topological polar surface area (TPSA) is 49.8 Å². The molecule has 2 aromatic carbocycles. The van der Waals surface area contributed by atoms with E-state index in [-0.39, 0.29) is 5.82 Å². The Hall–Kier alpha value is -2.95. The number of hydrogen-bond donors (Lipinski definition) is 2. The Labute approximate surface area is 146 Å². The minimum Gasteiger partial charge on any atom is -0.367 e. The fourth-order valence-electron chi connectivity index (χ4n) is 2.61. The van der Waals surface area contributed by atoms with Crippen LogP contribution in [0.15, 0.2) is 60.7 Å². The van der Waals surface area contributed by atoms with E-state index in [9.17, 15) is 4.39 Å². The van der Waals surface area contributed by atoms with E-state index in [0.29, 0.717) is 24.1 Å². The van der Waals surface area contributed by atoms with E-state index in [1.807, 2.05) is 42.5 Å². The quantitative estimate of drug-likeness (QED) is 0.698. The van der Waals surface area contributed by atoms with Gasteiger partial charge in [0.25, 0.3) is 0 Å². The Kier molecular flexibility index (Phi) is 4.29. The van der Waals surface area contributed by atoms with Gasteiger partial charge in [0.1, 0.15) is 11.6 Å². The molecule has 0 bridgehead atoms. The van der Waals surface area contributed by atoms with Crippen LogP contribution in [-0.2, 0) is 6.54 Å². The maximum absolute atomic E-state index is 13.8. The molecular formula is C20H19FN4. The molecule has 4 nitrogen and oxygen atoms in total. The van der Waals surface area contributed by atoms with Gasteiger partial charge in [-0.2, -0.15) is 4.98 Å². The van der Waals surface area contributed by atoms with Crippen LogP contribution >= 0.6 is 0 Å². The van der Waals surface area contributed by atoms with Crippen LogP contribution in [0.5, 0.6) is 0 Å². The van der Waals surface area contributed by atoms with Crippen LogP contribution < -0.4 is 10.6 Å². The van der Waals surface area contributed by atoms with Crippen LogP contribution in [0.4, 0.5) is 16.2 Å². The number of nitrogens with one attached hydrogen (secondary N) is 2. The molecule has 0 amide bonds. The average molecular weight is 334 g/mol. The predicted molar refractivity (Wildman–Crippen MR) is 97.8 cm³/mol. The third-order valence-electron chi connectivity index (χ3n) is 4.12. The normalized spacial score (nSPS) is 13.5. The highest BCUT2D eigenvalue weighted by atomic mass is 19.1. The summed E-state index contributed by atoms with van der Waals surface area (Å²) in [5, 5.41) is 6.55. The number of anilines is 2. The smallest absolute Gasteiger partial charge is 0.225 e. The van der Waals surface area contributed by atoms with Crippen molar-refractivity contribution in [2.24, 2.45) is 0 Å². The van der Waals surface area contributed by atoms with Crippen molar-refractivity contribution in [3.05, 3.63) is 72.0 Å². The van der Waals surface area contributed by atoms with Crippen molar-refractivity contribution in [2.45, 2.75) is 25.4 Å². The number of rotatable bonds is 6. The standard InChI is InChI=1S/C20H19FN4/c21-17-9-5-4-8-15(17)13-22-20-24-18(14-6-2-1-3-7-14)12-19(25-20)23-16-10-11-16/h1-9,12,16H,10-11,13H2,(H2,22,23,24,25). The van der Waals surface area contributed by atoms with Crippen molar-refractivity contribution in [2.75, 3.05) is 10.6 Å². The molecule has 1 aliphatic carbocycles. The minimum absolute atomic E-state index is 0.231. The molecule has 0 radical (unpaired) electrons. The van der Waals surface area contributed by atoms with Gasteiger partial charge in [0, 0.05) is 29.8 Å². The highest BCUT2D eigenvalue weighted by Crippen LogP contribution is 2.27. The summed E-state index contributed by atoms with van der Waals surface area (Å²) in [7, 11) is 0. The molecule has 0 aliphatic heterocycles. The van der Waals surface area contributed by atoms with Crippen LogP contribution in [0.1, 0.15) is 18.4 Å². The van der Waals surface area contributed by atoms with E-state index >= 15 is 0 Å². The van der Waals surface area contributed by atoms with Crippen molar-refractivity contribution >= 4 is 11.8 Å². The Balaban J connectivity index is 1.60. The Bertz CT molecular complexity index is 863. The van der Waals surface area contributed by atoms with E-state index in [2.05, 4.69) is 20.6 Å². The maximum atomic E-state index is 13.8. The van der Waals surface area contributed by atoms with E-state index in [1.165, 1.54) is 18.9 Å². The van der Waals surface area contributed by atoms with Crippen LogP contribution in [0, 0.1) is 5.82 Å². The fourth-order valence-corrected chi connectivity index (χ4v) is 2.61. The largest absolute Gasteiger partial charge is 0.367 e. The molecule has 0 unspecified atom stereocenters. The second-order valence-electron chi connectivity index (χ2n) is 6.19. The summed E-state index contributed by atoms with van der Waals surface area (Å²) in [6.45, 7) is 0.341. The molecule has 0 atom stereocenters. The number of halogens is 1. The number of aromatic nitrogens is 2. The van der Waals surface area contributed by atoms with Gasteiger partial charge in [-0.15, -0.1) is 0 Å². The first-order valence-electron chi connectivity index (χ1n) is 8.46. The number of benzene rings is 2. The molecule has 1 heterocycles. The van der Waals surface area contributed by atoms with Gasteiger partial charge in [0.2, 0.25) is 5.95 Å². The molecule has 25 heavy (non-hydrogen) atoms. The predicted octanol–water partition coefficient (Wildman–Crippen LogP) is 4.47. The summed E-state index contributed by atoms with van der Waals surface area (Å²) in [6.07, 6.45) is 2.34. The first-order chi connectivity index (χ1) is 12.3. The minimum atomic E-state index is -0.231. The molecular weight excluding hydrogens is 315 g/mol. The SMILES string of the molecule is Fc1ccccc1CNc1nc(NC2CC2)cc(-c2ccccc2)n1. The third-order valence-corrected chi connectivity index (χ3v) is 4.12. The Morgan fingerprint density at radius 1 is 0.960 bits per heavy atom. The summed E-state index contributed by atoms with van der Waals surface area (Å²) in [5.41, 5.74) is 2.46. The molecule has 4 rings (SSSR count). The van der Waals surface area contributed by atoms with Crippen LogP contribution in [0.2, 0.25) is 0 Å². The average Bonchev–Trinajstić information content (AvgIpc) is 3.46. The zero-order valence-electron chi connectivity index (χ0n) is 13.7. The molecule has 0 saturated heterocycles. The van der Waals surface area contributed by atoms with Gasteiger partial charge in [-0.1, -0.05) is 48.5 Å². The van der Waals surface area contributed by atoms with Gasteiger partial charge in [0.05, 0.1) is 5.69 Å². The van der Waals surface area contributed by atoms with E-state index in [4.69, 9.17) is 0 Å². The maximum Gasteiger partial charge on any atom is 0.225 e. The van der Waals surface area contributed by atoms with E-state index in [0.717, 1.165) is 17.1 Å². The molecule has 1 saturated carbocycles. The first kappa shape index (κ1) is 15.6. The van der Waals surface area contributed by atoms with E-state index < -0.39 is 0 Å². The first-order valence-corrected chi connectivity index (χ1v) is 8.46. The molecule has 0 spiro atoms. The van der Waals surface area contributed by atoms with Crippen molar-refractivity contribution in [3.63, 3.8) is 0 Å². The molecule has 1 aromatic heterocycles. The van der Waals surface area contributed by atoms with Crippen molar-refractivity contribution in [1.29, 1.82) is 0 Å². The van der Waals surface area contributed by atoms with Gasteiger partial charge in [-0.3, -0.25) is 0 Å². The molecule has 126 valence electrons. The Morgan fingerprint density at radius 2 is 1.72 bits per heavy atom. The van der Waals surface area contributed by atoms with Crippen molar-refractivity contribution in [3.8, 4) is 11.3 Å². The summed E-state index contributed by atoms with van der Waals surface area (Å²) in [4.78, 5) is 9.12. The van der Waals surface area contributed by atoms with E-state index in [1.54, 1.807) is 12.1 Å². The van der Waals surface area contributed by atoms with Gasteiger partial charge in [0.15, 0.2) is 0 Å². The van der Waals surface area contributed by atoms with Crippen molar-refractivity contribution < 1.29 is 4.39 Å². The lowest BCUT2D eigenvalue weighted by Crippen LogP contribution is -2.09. The highest BCUT2D eigenvalue weighted by Gasteiger charge is 2.22. The van der Waals surface area contributed by atoms with Gasteiger partial charge in [-0.05, 0) is 18.9 Å². The highest BCUT2D eigenvalue weighted by molar-refractivity contribution is 5.64. The van der Waals surface area contributed by atoms with Gasteiger partial charge in [-0.25, -0.2) is 9.37 Å². The summed E-state index contributed by atoms with van der Waals surface area (Å²) >= 11 is 0. The van der Waals surface area contributed by atoms with Crippen LogP contribution in [0.3, 0.4) is 0 Å². The third kappa shape index (κ3) is 3.94. The van der Waals surface area contributed by atoms with Crippen LogP contribution in [-0.4, -0.2) is 16.0 Å². The summed E-state index contributed by atoms with van der Waals surface area (Å²) < 4.78 is 13.8. The van der Waals surface area contributed by atoms with Gasteiger partial charge >= 0.3 is 0 Å². The molecule has 3 aromatic rings. The van der Waals surface area contributed by atoms with Crippen LogP contribution in [0.25, 0.3) is 11.3 Å². The zero-order chi connectivity index (χ0) is 17.1. The van der Waals surface area contributed by atoms with Crippen molar-refractivity contribution in [1.82, 2.24) is 9.97 Å². The zero-order valence-corrected chi connectivity index (χ0v) is 13.7. The molecule has 1 aliphatic rings. The number of nitrogens with zero attached hydrogens (tertiary/aromatic N) is 2.